The van der Waals surface area contributed by atoms with Crippen molar-refractivity contribution in [2.24, 2.45) is 0 Å². The van der Waals surface area contributed by atoms with Crippen molar-refractivity contribution >= 4 is 5.91 Å². The van der Waals surface area contributed by atoms with Crippen LogP contribution >= 0.6 is 0 Å². The van der Waals surface area contributed by atoms with E-state index in [1.807, 2.05) is 11.9 Å². The number of rotatable bonds is 1. The fourth-order valence-corrected chi connectivity index (χ4v) is 1.92. The van der Waals surface area contributed by atoms with Crippen LogP contribution in [0.2, 0.25) is 0 Å². The summed E-state index contributed by atoms with van der Waals surface area (Å²) >= 11 is 0. The van der Waals surface area contributed by atoms with Crippen molar-refractivity contribution in [3.8, 4) is 6.07 Å². The topological polar surface area (TPSA) is 47.3 Å². The van der Waals surface area contributed by atoms with Crippen LogP contribution in [0.4, 0.5) is 0 Å². The Labute approximate surface area is 85.1 Å². The molecule has 0 radical (unpaired) electrons. The third-order valence-electron chi connectivity index (χ3n) is 2.99. The molecule has 1 amide bonds. The van der Waals surface area contributed by atoms with E-state index in [4.69, 9.17) is 5.26 Å². The number of nitriles is 1. The maximum absolute atomic E-state index is 11.7. The molecule has 14 heavy (non-hydrogen) atoms. The van der Waals surface area contributed by atoms with Crippen molar-refractivity contribution < 1.29 is 4.79 Å². The highest BCUT2D eigenvalue weighted by molar-refractivity contribution is 5.83. The summed E-state index contributed by atoms with van der Waals surface area (Å²) in [5.74, 6) is 0.0494. The van der Waals surface area contributed by atoms with Crippen LogP contribution < -0.4 is 0 Å². The van der Waals surface area contributed by atoms with Gasteiger partial charge in [0.05, 0.1) is 12.5 Å². The Hall–Kier alpha value is -1.08. The molecule has 1 rings (SSSR count). The van der Waals surface area contributed by atoms with Crippen LogP contribution in [0.5, 0.6) is 0 Å². The third-order valence-corrected chi connectivity index (χ3v) is 2.99. The lowest BCUT2D eigenvalue weighted by Gasteiger charge is -2.47. The summed E-state index contributed by atoms with van der Waals surface area (Å²) in [6.07, 6.45) is 0.267. The van der Waals surface area contributed by atoms with Gasteiger partial charge in [0, 0.05) is 19.1 Å². The molecule has 1 unspecified atom stereocenters. The molecule has 0 aromatic rings. The maximum Gasteiger partial charge on any atom is 0.240 e. The molecule has 0 aromatic heterocycles. The first kappa shape index (κ1) is 11.0. The molecule has 4 nitrogen and oxygen atoms in total. The van der Waals surface area contributed by atoms with Gasteiger partial charge in [-0.3, -0.25) is 9.69 Å². The average Bonchev–Trinajstić information content (AvgIpc) is 2.09. The summed E-state index contributed by atoms with van der Waals surface area (Å²) in [6, 6.07) is 1.78. The van der Waals surface area contributed by atoms with Crippen molar-refractivity contribution in [1.82, 2.24) is 9.80 Å². The van der Waals surface area contributed by atoms with E-state index in [1.54, 1.807) is 11.9 Å². The van der Waals surface area contributed by atoms with Gasteiger partial charge in [-0.25, -0.2) is 0 Å². The Bertz CT molecular complexity index is 280. The van der Waals surface area contributed by atoms with Crippen LogP contribution in [0.15, 0.2) is 0 Å². The fraction of sp³-hybridized carbons (Fsp3) is 0.800. The van der Waals surface area contributed by atoms with Crippen molar-refractivity contribution in [2.45, 2.75) is 31.8 Å². The van der Waals surface area contributed by atoms with E-state index in [9.17, 15) is 4.79 Å². The molecule has 0 aliphatic carbocycles. The highest BCUT2D eigenvalue weighted by Gasteiger charge is 2.41. The first-order chi connectivity index (χ1) is 6.40. The van der Waals surface area contributed by atoms with Crippen LogP contribution in [0.1, 0.15) is 20.3 Å². The second-order valence-corrected chi connectivity index (χ2v) is 4.50. The molecule has 1 heterocycles. The van der Waals surface area contributed by atoms with Crippen LogP contribution in [-0.2, 0) is 4.79 Å². The third kappa shape index (κ3) is 1.73. The summed E-state index contributed by atoms with van der Waals surface area (Å²) in [4.78, 5) is 15.5. The van der Waals surface area contributed by atoms with Gasteiger partial charge < -0.3 is 4.90 Å². The predicted molar refractivity (Wildman–Crippen MR) is 53.5 cm³/mol. The number of piperazine rings is 1. The normalized spacial score (nSPS) is 27.5. The summed E-state index contributed by atoms with van der Waals surface area (Å²) < 4.78 is 0. The molecular formula is C10H17N3O. The zero-order valence-corrected chi connectivity index (χ0v) is 9.24. The summed E-state index contributed by atoms with van der Waals surface area (Å²) in [5.41, 5.74) is -0.0514. The molecule has 4 heteroatoms. The second-order valence-electron chi connectivity index (χ2n) is 4.50. The molecule has 0 bridgehead atoms. The van der Waals surface area contributed by atoms with Gasteiger partial charge in [-0.15, -0.1) is 0 Å². The number of nitrogens with zero attached hydrogens (tertiary/aromatic N) is 3. The van der Waals surface area contributed by atoms with Gasteiger partial charge in [0.1, 0.15) is 6.04 Å². The number of carbonyl (C=O) groups is 1. The lowest BCUT2D eigenvalue weighted by Crippen LogP contribution is -2.64. The van der Waals surface area contributed by atoms with E-state index in [2.05, 4.69) is 19.9 Å². The summed E-state index contributed by atoms with van der Waals surface area (Å²) in [6.45, 7) is 4.88. The SMILES string of the molecule is CN1CC(C)(C)N(C)C(CC#N)C1=O. The van der Waals surface area contributed by atoms with Gasteiger partial charge in [-0.2, -0.15) is 5.26 Å². The Balaban J connectivity index is 2.91. The lowest BCUT2D eigenvalue weighted by molar-refractivity contribution is -0.145. The number of likely N-dealkylation sites (N-methyl/N-ethyl adjacent to an activating group) is 2. The van der Waals surface area contributed by atoms with E-state index >= 15 is 0 Å². The van der Waals surface area contributed by atoms with Crippen molar-refractivity contribution in [1.29, 1.82) is 5.26 Å². The second kappa shape index (κ2) is 3.58. The van der Waals surface area contributed by atoms with Gasteiger partial charge in [-0.05, 0) is 20.9 Å². The first-order valence-corrected chi connectivity index (χ1v) is 4.75. The predicted octanol–water partition coefficient (Wildman–Crippen LogP) is 0.451. The molecule has 1 aliphatic rings. The Morgan fingerprint density at radius 3 is 2.64 bits per heavy atom. The Morgan fingerprint density at radius 1 is 1.57 bits per heavy atom. The van der Waals surface area contributed by atoms with Crippen LogP contribution in [0.25, 0.3) is 0 Å². The van der Waals surface area contributed by atoms with Crippen molar-refractivity contribution in [3.05, 3.63) is 0 Å². The zero-order chi connectivity index (χ0) is 10.9. The fourth-order valence-electron chi connectivity index (χ4n) is 1.92. The van der Waals surface area contributed by atoms with Crippen molar-refractivity contribution in [2.75, 3.05) is 20.6 Å². The molecule has 78 valence electrons. The van der Waals surface area contributed by atoms with Gasteiger partial charge in [0.15, 0.2) is 0 Å². The van der Waals surface area contributed by atoms with Gasteiger partial charge in [0.2, 0.25) is 5.91 Å². The minimum absolute atomic E-state index is 0.0494. The molecule has 0 spiro atoms. The summed E-state index contributed by atoms with van der Waals surface area (Å²) in [7, 11) is 3.70. The van der Waals surface area contributed by atoms with Crippen LogP contribution in [-0.4, -0.2) is 47.9 Å². The molecular weight excluding hydrogens is 178 g/mol. The Kier molecular flexibility index (Phi) is 2.81. The monoisotopic (exact) mass is 195 g/mol. The molecule has 1 fully saturated rings. The maximum atomic E-state index is 11.7. The van der Waals surface area contributed by atoms with E-state index in [0.717, 1.165) is 0 Å². The van der Waals surface area contributed by atoms with E-state index in [1.165, 1.54) is 0 Å². The minimum Gasteiger partial charge on any atom is -0.343 e. The van der Waals surface area contributed by atoms with Crippen LogP contribution in [0.3, 0.4) is 0 Å². The van der Waals surface area contributed by atoms with E-state index in [0.29, 0.717) is 6.54 Å². The number of amides is 1. The summed E-state index contributed by atoms with van der Waals surface area (Å²) in [5, 5.41) is 8.66. The Morgan fingerprint density at radius 2 is 2.14 bits per heavy atom. The van der Waals surface area contributed by atoms with E-state index < -0.39 is 0 Å². The lowest BCUT2D eigenvalue weighted by atomic mass is 9.94. The molecule has 0 aromatic carbocycles. The van der Waals surface area contributed by atoms with Crippen LogP contribution in [0, 0.1) is 11.3 Å². The van der Waals surface area contributed by atoms with Gasteiger partial charge >= 0.3 is 0 Å². The zero-order valence-electron chi connectivity index (χ0n) is 9.24. The minimum atomic E-state index is -0.284. The van der Waals surface area contributed by atoms with Crippen molar-refractivity contribution in [3.63, 3.8) is 0 Å². The molecule has 1 saturated heterocycles. The molecule has 1 atom stereocenters. The highest BCUT2D eigenvalue weighted by atomic mass is 16.2. The quantitative estimate of drug-likeness (QED) is 0.610. The molecule has 0 saturated carbocycles. The number of carbonyl (C=O) groups excluding carboxylic acids is 1. The first-order valence-electron chi connectivity index (χ1n) is 4.75. The number of hydrogen-bond donors (Lipinski definition) is 0. The number of hydrogen-bond acceptors (Lipinski definition) is 3. The van der Waals surface area contributed by atoms with Gasteiger partial charge in [-0.1, -0.05) is 0 Å². The molecule has 1 aliphatic heterocycles. The smallest absolute Gasteiger partial charge is 0.240 e. The average molecular weight is 195 g/mol. The van der Waals surface area contributed by atoms with Gasteiger partial charge in [0.25, 0.3) is 0 Å². The standard InChI is InChI=1S/C10H17N3O/c1-10(2)7-12(3)9(14)8(5-6-11)13(10)4/h8H,5,7H2,1-4H3. The van der Waals surface area contributed by atoms with E-state index in [-0.39, 0.29) is 23.9 Å². The largest absolute Gasteiger partial charge is 0.343 e. The highest BCUT2D eigenvalue weighted by Crippen LogP contribution is 2.24. The molecule has 0 N–H and O–H groups in total.